The zero-order valence-electron chi connectivity index (χ0n) is 16.5. The molecule has 0 radical (unpaired) electrons. The molecular weight excluding hydrogens is 449 g/mol. The van der Waals surface area contributed by atoms with Crippen molar-refractivity contribution in [2.75, 3.05) is 26.7 Å². The first-order chi connectivity index (χ1) is 14.7. The number of nitro benzene ring substituents is 1. The van der Waals surface area contributed by atoms with E-state index in [2.05, 4.69) is 0 Å². The second-order valence-corrected chi connectivity index (χ2v) is 7.88. The molecule has 9 nitrogen and oxygen atoms in total. The number of amides is 2. The summed E-state index contributed by atoms with van der Waals surface area (Å²) in [7, 11) is 1.42. The van der Waals surface area contributed by atoms with E-state index in [0.717, 1.165) is 4.90 Å². The molecule has 0 unspecified atom stereocenters. The van der Waals surface area contributed by atoms with Crippen molar-refractivity contribution in [2.24, 2.45) is 0 Å². The minimum Gasteiger partial charge on any atom is -0.508 e. The fourth-order valence-corrected chi connectivity index (χ4v) is 3.83. The van der Waals surface area contributed by atoms with Crippen molar-refractivity contribution in [1.29, 1.82) is 0 Å². The molecule has 11 heteroatoms. The molecule has 1 aliphatic rings. The fourth-order valence-electron chi connectivity index (χ4n) is 3.35. The van der Waals surface area contributed by atoms with Gasteiger partial charge in [0, 0.05) is 43.8 Å². The molecule has 0 bridgehead atoms. The summed E-state index contributed by atoms with van der Waals surface area (Å²) in [4.78, 5) is 37.7. The Bertz CT molecular complexity index is 1010. The first-order valence-corrected chi connectivity index (χ1v) is 10.0. The monoisotopic (exact) mass is 467 g/mol. The van der Waals surface area contributed by atoms with Crippen molar-refractivity contribution in [3.63, 3.8) is 0 Å². The maximum Gasteiger partial charge on any atom is 0.415 e. The molecule has 31 heavy (non-hydrogen) atoms. The molecule has 164 valence electrons. The number of aromatic hydroxyl groups is 1. The van der Waals surface area contributed by atoms with Crippen molar-refractivity contribution < 1.29 is 24.4 Å². The minimum atomic E-state index is -0.770. The molecule has 2 aromatic carbocycles. The summed E-state index contributed by atoms with van der Waals surface area (Å²) in [5, 5.41) is 21.4. The minimum absolute atomic E-state index is 0.0255. The number of likely N-dealkylation sites (tertiary alicyclic amines) is 1. The smallest absolute Gasteiger partial charge is 0.415 e. The first-order valence-electron chi connectivity index (χ1n) is 9.29. The van der Waals surface area contributed by atoms with E-state index < -0.39 is 11.0 Å². The van der Waals surface area contributed by atoms with Gasteiger partial charge in [0.1, 0.15) is 18.0 Å². The van der Waals surface area contributed by atoms with Gasteiger partial charge in [0.2, 0.25) is 5.91 Å². The number of hydrogen-bond acceptors (Lipinski definition) is 6. The number of carbonyl (C=O) groups is 2. The van der Waals surface area contributed by atoms with E-state index in [0.29, 0.717) is 30.1 Å². The van der Waals surface area contributed by atoms with Crippen LogP contribution in [0.3, 0.4) is 0 Å². The Morgan fingerprint density at radius 1 is 1.26 bits per heavy atom. The molecule has 1 N–H and O–H groups in total. The zero-order chi connectivity index (χ0) is 22.7. The molecular formula is C20H19Cl2N3O6. The number of non-ortho nitro benzene ring substituents is 1. The number of halogens is 2. The molecule has 0 aliphatic carbocycles. The predicted molar refractivity (Wildman–Crippen MR) is 114 cm³/mol. The van der Waals surface area contributed by atoms with Gasteiger partial charge in [-0.3, -0.25) is 14.9 Å². The molecule has 0 saturated carbocycles. The maximum absolute atomic E-state index is 12.6. The van der Waals surface area contributed by atoms with E-state index in [1.807, 2.05) is 0 Å². The van der Waals surface area contributed by atoms with Gasteiger partial charge in [0.25, 0.3) is 5.69 Å². The summed E-state index contributed by atoms with van der Waals surface area (Å²) >= 11 is 12.3. The number of benzene rings is 2. The van der Waals surface area contributed by atoms with E-state index in [4.69, 9.17) is 27.9 Å². The average molecular weight is 468 g/mol. The Kier molecular flexibility index (Phi) is 6.87. The van der Waals surface area contributed by atoms with Gasteiger partial charge in [0.15, 0.2) is 0 Å². The Labute approximate surface area is 187 Å². The van der Waals surface area contributed by atoms with Gasteiger partial charge in [-0.15, -0.1) is 0 Å². The lowest BCUT2D eigenvalue weighted by atomic mass is 9.97. The van der Waals surface area contributed by atoms with Crippen LogP contribution in [0.2, 0.25) is 10.0 Å². The summed E-state index contributed by atoms with van der Waals surface area (Å²) in [6, 6.07) is 8.01. The molecule has 2 amide bonds. The van der Waals surface area contributed by atoms with E-state index in [1.165, 1.54) is 43.4 Å². The third-order valence-electron chi connectivity index (χ3n) is 5.00. The topological polar surface area (TPSA) is 113 Å². The van der Waals surface area contributed by atoms with Crippen LogP contribution >= 0.6 is 23.2 Å². The lowest BCUT2D eigenvalue weighted by molar-refractivity contribution is -0.384. The zero-order valence-corrected chi connectivity index (χ0v) is 18.0. The number of nitrogens with zero attached hydrogens (tertiary/aromatic N) is 3. The normalized spacial score (nSPS) is 15.6. The second kappa shape index (κ2) is 9.40. The van der Waals surface area contributed by atoms with Gasteiger partial charge in [-0.1, -0.05) is 23.2 Å². The summed E-state index contributed by atoms with van der Waals surface area (Å²) in [5.74, 6) is -0.310. The van der Waals surface area contributed by atoms with Crippen LogP contribution in [0.4, 0.5) is 10.5 Å². The Morgan fingerprint density at radius 3 is 2.58 bits per heavy atom. The van der Waals surface area contributed by atoms with Crippen molar-refractivity contribution in [3.8, 4) is 11.5 Å². The van der Waals surface area contributed by atoms with E-state index in [-0.39, 0.29) is 40.6 Å². The van der Waals surface area contributed by atoms with Crippen LogP contribution in [0.15, 0.2) is 36.4 Å². The molecule has 1 saturated heterocycles. The Hall–Kier alpha value is -3.04. The highest BCUT2D eigenvalue weighted by Gasteiger charge is 2.32. The van der Waals surface area contributed by atoms with Crippen LogP contribution in [0.1, 0.15) is 17.9 Å². The van der Waals surface area contributed by atoms with Crippen LogP contribution < -0.4 is 4.74 Å². The van der Waals surface area contributed by atoms with Crippen LogP contribution in [0.25, 0.3) is 0 Å². The molecule has 1 atom stereocenters. The van der Waals surface area contributed by atoms with Crippen LogP contribution in [-0.4, -0.2) is 58.5 Å². The third-order valence-corrected chi connectivity index (χ3v) is 5.81. The van der Waals surface area contributed by atoms with E-state index in [1.54, 1.807) is 4.90 Å². The quantitative estimate of drug-likeness (QED) is 0.523. The summed E-state index contributed by atoms with van der Waals surface area (Å²) in [6.07, 6.45) is -0.176. The highest BCUT2D eigenvalue weighted by molar-refractivity contribution is 6.42. The third kappa shape index (κ3) is 5.18. The van der Waals surface area contributed by atoms with Gasteiger partial charge in [0.05, 0.1) is 15.0 Å². The molecule has 1 aliphatic heterocycles. The van der Waals surface area contributed by atoms with Crippen LogP contribution in [0.5, 0.6) is 11.5 Å². The van der Waals surface area contributed by atoms with Gasteiger partial charge in [-0.2, -0.15) is 0 Å². The molecule has 3 rings (SSSR count). The summed E-state index contributed by atoms with van der Waals surface area (Å²) in [6.45, 7) is 0.558. The Morgan fingerprint density at radius 2 is 1.94 bits per heavy atom. The van der Waals surface area contributed by atoms with Gasteiger partial charge in [-0.25, -0.2) is 4.79 Å². The number of ether oxygens (including phenoxy) is 1. The van der Waals surface area contributed by atoms with Crippen molar-refractivity contribution >= 4 is 40.9 Å². The van der Waals surface area contributed by atoms with Crippen molar-refractivity contribution in [1.82, 2.24) is 9.80 Å². The van der Waals surface area contributed by atoms with E-state index >= 15 is 0 Å². The molecule has 0 aromatic heterocycles. The first kappa shape index (κ1) is 22.6. The summed E-state index contributed by atoms with van der Waals surface area (Å²) in [5.41, 5.74) is 0.383. The van der Waals surface area contributed by atoms with Gasteiger partial charge < -0.3 is 19.6 Å². The number of carbonyl (C=O) groups excluding carboxylic acids is 2. The lowest BCUT2D eigenvalue weighted by Gasteiger charge is -2.22. The molecule has 0 spiro atoms. The number of hydrogen-bond donors (Lipinski definition) is 1. The predicted octanol–water partition coefficient (Wildman–Crippen LogP) is 4.05. The van der Waals surface area contributed by atoms with Crippen LogP contribution in [-0.2, 0) is 4.79 Å². The standard InChI is InChI=1S/C20H19Cl2N3O6/c1-23(20(28)31-14-4-2-13(3-5-14)25(29)30)11-17(27)24-9-8-12(10-24)18-16(26)7-6-15(21)19(18)22/h2-7,12,26H,8-11H2,1H3/t12-/m0/s1. The molecule has 1 fully saturated rings. The Balaban J connectivity index is 1.57. The number of likely N-dealkylation sites (N-methyl/N-ethyl adjacent to an activating group) is 1. The van der Waals surface area contributed by atoms with Crippen molar-refractivity contribution in [2.45, 2.75) is 12.3 Å². The second-order valence-electron chi connectivity index (χ2n) is 7.09. The largest absolute Gasteiger partial charge is 0.508 e. The summed E-state index contributed by atoms with van der Waals surface area (Å²) < 4.78 is 5.14. The van der Waals surface area contributed by atoms with Gasteiger partial charge in [-0.05, 0) is 30.7 Å². The maximum atomic E-state index is 12.6. The lowest BCUT2D eigenvalue weighted by Crippen LogP contribution is -2.41. The number of nitro groups is 1. The number of phenols is 1. The number of phenolic OH excluding ortho intramolecular Hbond substituents is 1. The highest BCUT2D eigenvalue weighted by Crippen LogP contribution is 2.41. The average Bonchev–Trinajstić information content (AvgIpc) is 3.21. The number of rotatable bonds is 5. The molecule has 1 heterocycles. The van der Waals surface area contributed by atoms with Crippen molar-refractivity contribution in [3.05, 3.63) is 62.1 Å². The van der Waals surface area contributed by atoms with Crippen LogP contribution in [0, 0.1) is 10.1 Å². The SMILES string of the molecule is CN(CC(=O)N1CC[C@H](c2c(O)ccc(Cl)c2Cl)C1)C(=O)Oc1ccc([N+](=O)[O-])cc1. The highest BCUT2D eigenvalue weighted by atomic mass is 35.5. The van der Waals surface area contributed by atoms with E-state index in [9.17, 15) is 24.8 Å². The fraction of sp³-hybridized carbons (Fsp3) is 0.300. The molecule has 2 aromatic rings. The van der Waals surface area contributed by atoms with Gasteiger partial charge >= 0.3 is 6.09 Å².